The van der Waals surface area contributed by atoms with E-state index in [0.717, 1.165) is 13.1 Å². The van der Waals surface area contributed by atoms with Crippen LogP contribution in [-0.4, -0.2) is 46.9 Å². The summed E-state index contributed by atoms with van der Waals surface area (Å²) in [6, 6.07) is 0. The maximum atomic E-state index is 10.7. The van der Waals surface area contributed by atoms with Crippen molar-refractivity contribution in [1.29, 1.82) is 0 Å². The molecular formula is C9H13N3O3. The molecule has 0 radical (unpaired) electrons. The van der Waals surface area contributed by atoms with Gasteiger partial charge in [0.05, 0.1) is 13.2 Å². The number of imidazole rings is 1. The van der Waals surface area contributed by atoms with Gasteiger partial charge in [-0.15, -0.1) is 0 Å². The molecule has 0 amide bonds. The first-order valence-electron chi connectivity index (χ1n) is 4.78. The van der Waals surface area contributed by atoms with Gasteiger partial charge in [-0.2, -0.15) is 0 Å². The Bertz CT molecular complexity index is 369. The number of nitrogens with zero attached hydrogens (tertiary/aromatic N) is 3. The lowest BCUT2D eigenvalue weighted by molar-refractivity contribution is 0.0691. The number of hydrogen-bond donors (Lipinski definition) is 1. The van der Waals surface area contributed by atoms with Gasteiger partial charge in [0.15, 0.2) is 5.69 Å². The van der Waals surface area contributed by atoms with Crippen molar-refractivity contribution < 1.29 is 14.6 Å². The summed E-state index contributed by atoms with van der Waals surface area (Å²) in [5.74, 6) is -0.305. The highest BCUT2D eigenvalue weighted by molar-refractivity contribution is 5.85. The minimum absolute atomic E-state index is 0.0824. The first-order valence-corrected chi connectivity index (χ1v) is 4.78. The number of aromatic carboxylic acids is 1. The first-order chi connectivity index (χ1) is 7.18. The monoisotopic (exact) mass is 211 g/mol. The van der Waals surface area contributed by atoms with E-state index in [4.69, 9.17) is 9.84 Å². The van der Waals surface area contributed by atoms with E-state index in [9.17, 15) is 4.79 Å². The van der Waals surface area contributed by atoms with Gasteiger partial charge < -0.3 is 19.3 Å². The SMILES string of the molecule is Cn1cc(C(=O)O)nc1N1CCOCC1. The molecule has 2 rings (SSSR count). The van der Waals surface area contributed by atoms with Gasteiger partial charge in [-0.25, -0.2) is 9.78 Å². The first kappa shape index (κ1) is 9.97. The molecule has 0 unspecified atom stereocenters. The van der Waals surface area contributed by atoms with E-state index in [1.807, 2.05) is 4.90 Å². The molecule has 0 atom stereocenters. The molecule has 0 spiro atoms. The van der Waals surface area contributed by atoms with E-state index in [1.165, 1.54) is 6.20 Å². The van der Waals surface area contributed by atoms with Crippen molar-refractivity contribution in [3.8, 4) is 0 Å². The Morgan fingerprint density at radius 1 is 1.53 bits per heavy atom. The van der Waals surface area contributed by atoms with Crippen LogP contribution in [0.3, 0.4) is 0 Å². The Morgan fingerprint density at radius 2 is 2.20 bits per heavy atom. The average Bonchev–Trinajstić information content (AvgIpc) is 2.62. The molecule has 2 heterocycles. The molecule has 15 heavy (non-hydrogen) atoms. The fourth-order valence-corrected chi connectivity index (χ4v) is 1.62. The van der Waals surface area contributed by atoms with Crippen LogP contribution in [-0.2, 0) is 11.8 Å². The predicted octanol–water partition coefficient (Wildman–Crippen LogP) is -0.0451. The van der Waals surface area contributed by atoms with E-state index in [-0.39, 0.29) is 5.69 Å². The van der Waals surface area contributed by atoms with Gasteiger partial charge in [-0.05, 0) is 0 Å². The molecular weight excluding hydrogens is 198 g/mol. The Kier molecular flexibility index (Phi) is 2.59. The minimum atomic E-state index is -0.995. The van der Waals surface area contributed by atoms with Gasteiger partial charge >= 0.3 is 5.97 Å². The number of ether oxygens (including phenoxy) is 1. The number of carbonyl (C=O) groups is 1. The second-order valence-corrected chi connectivity index (χ2v) is 3.44. The van der Waals surface area contributed by atoms with Crippen molar-refractivity contribution in [3.05, 3.63) is 11.9 Å². The molecule has 82 valence electrons. The van der Waals surface area contributed by atoms with Crippen LogP contribution in [0.5, 0.6) is 0 Å². The molecule has 0 aromatic carbocycles. The molecule has 1 fully saturated rings. The Labute approximate surface area is 87.1 Å². The van der Waals surface area contributed by atoms with Crippen molar-refractivity contribution >= 4 is 11.9 Å². The molecule has 1 N–H and O–H groups in total. The number of carboxylic acids is 1. The number of aryl methyl sites for hydroxylation is 1. The fourth-order valence-electron chi connectivity index (χ4n) is 1.62. The molecule has 0 aliphatic carbocycles. The zero-order chi connectivity index (χ0) is 10.8. The number of aromatic nitrogens is 2. The zero-order valence-corrected chi connectivity index (χ0v) is 8.51. The van der Waals surface area contributed by atoms with E-state index in [2.05, 4.69) is 4.98 Å². The van der Waals surface area contributed by atoms with Crippen LogP contribution in [0.1, 0.15) is 10.5 Å². The summed E-state index contributed by atoms with van der Waals surface area (Å²) in [7, 11) is 1.80. The van der Waals surface area contributed by atoms with E-state index < -0.39 is 5.97 Å². The summed E-state index contributed by atoms with van der Waals surface area (Å²) >= 11 is 0. The van der Waals surface area contributed by atoms with Crippen LogP contribution < -0.4 is 4.90 Å². The molecule has 6 nitrogen and oxygen atoms in total. The van der Waals surface area contributed by atoms with Crippen molar-refractivity contribution in [1.82, 2.24) is 9.55 Å². The second kappa shape index (κ2) is 3.90. The quantitative estimate of drug-likeness (QED) is 0.743. The van der Waals surface area contributed by atoms with Gasteiger partial charge in [-0.1, -0.05) is 0 Å². The third kappa shape index (κ3) is 1.94. The van der Waals surface area contributed by atoms with Crippen molar-refractivity contribution in [2.24, 2.45) is 7.05 Å². The van der Waals surface area contributed by atoms with Gasteiger partial charge in [0.25, 0.3) is 0 Å². The van der Waals surface area contributed by atoms with E-state index in [1.54, 1.807) is 11.6 Å². The van der Waals surface area contributed by atoms with Gasteiger partial charge in [0.2, 0.25) is 5.95 Å². The van der Waals surface area contributed by atoms with Crippen LogP contribution in [0.25, 0.3) is 0 Å². The Hall–Kier alpha value is -1.56. The highest BCUT2D eigenvalue weighted by Gasteiger charge is 2.18. The maximum Gasteiger partial charge on any atom is 0.356 e. The molecule has 1 aliphatic heterocycles. The molecule has 0 bridgehead atoms. The zero-order valence-electron chi connectivity index (χ0n) is 8.51. The normalized spacial score (nSPS) is 16.7. The topological polar surface area (TPSA) is 67.6 Å². The third-order valence-corrected chi connectivity index (χ3v) is 2.36. The molecule has 0 saturated carbocycles. The largest absolute Gasteiger partial charge is 0.476 e. The number of morpholine rings is 1. The van der Waals surface area contributed by atoms with Gasteiger partial charge in [-0.3, -0.25) is 0 Å². The summed E-state index contributed by atoms with van der Waals surface area (Å²) in [6.07, 6.45) is 1.52. The summed E-state index contributed by atoms with van der Waals surface area (Å²) in [6.45, 7) is 2.83. The Balaban J connectivity index is 2.22. The average molecular weight is 211 g/mol. The standard InChI is InChI=1S/C9H13N3O3/c1-11-6-7(8(13)14)10-9(11)12-2-4-15-5-3-12/h6H,2-5H2,1H3,(H,13,14). The smallest absolute Gasteiger partial charge is 0.356 e. The number of hydrogen-bond acceptors (Lipinski definition) is 4. The highest BCUT2D eigenvalue weighted by atomic mass is 16.5. The lowest BCUT2D eigenvalue weighted by Gasteiger charge is -2.27. The van der Waals surface area contributed by atoms with E-state index in [0.29, 0.717) is 19.2 Å². The number of rotatable bonds is 2. The van der Waals surface area contributed by atoms with Crippen LogP contribution >= 0.6 is 0 Å². The Morgan fingerprint density at radius 3 is 2.73 bits per heavy atom. The van der Waals surface area contributed by atoms with Crippen LogP contribution in [0.15, 0.2) is 6.20 Å². The predicted molar refractivity (Wildman–Crippen MR) is 53.2 cm³/mol. The van der Waals surface area contributed by atoms with Crippen LogP contribution in [0.2, 0.25) is 0 Å². The summed E-state index contributed by atoms with van der Waals surface area (Å²) in [4.78, 5) is 16.8. The van der Waals surface area contributed by atoms with Crippen molar-refractivity contribution in [3.63, 3.8) is 0 Å². The fraction of sp³-hybridized carbons (Fsp3) is 0.556. The summed E-state index contributed by atoms with van der Waals surface area (Å²) in [5, 5.41) is 8.80. The van der Waals surface area contributed by atoms with Crippen molar-refractivity contribution in [2.45, 2.75) is 0 Å². The number of anilines is 1. The molecule has 1 aromatic heterocycles. The van der Waals surface area contributed by atoms with Crippen LogP contribution in [0, 0.1) is 0 Å². The van der Waals surface area contributed by atoms with Gasteiger partial charge in [0.1, 0.15) is 0 Å². The maximum absolute atomic E-state index is 10.7. The lowest BCUT2D eigenvalue weighted by atomic mass is 10.4. The minimum Gasteiger partial charge on any atom is -0.476 e. The van der Waals surface area contributed by atoms with Gasteiger partial charge in [0, 0.05) is 26.3 Å². The lowest BCUT2D eigenvalue weighted by Crippen LogP contribution is -2.37. The van der Waals surface area contributed by atoms with Crippen LogP contribution in [0.4, 0.5) is 5.95 Å². The molecule has 6 heteroatoms. The van der Waals surface area contributed by atoms with Crippen molar-refractivity contribution in [2.75, 3.05) is 31.2 Å². The third-order valence-electron chi connectivity index (χ3n) is 2.36. The number of carboxylic acid groups (broad SMARTS) is 1. The highest BCUT2D eigenvalue weighted by Crippen LogP contribution is 2.14. The molecule has 1 aromatic rings. The summed E-state index contributed by atoms with van der Waals surface area (Å²) in [5.41, 5.74) is 0.0824. The second-order valence-electron chi connectivity index (χ2n) is 3.44. The molecule has 1 aliphatic rings. The summed E-state index contributed by atoms with van der Waals surface area (Å²) < 4.78 is 6.95. The molecule has 1 saturated heterocycles. The van der Waals surface area contributed by atoms with E-state index >= 15 is 0 Å².